The van der Waals surface area contributed by atoms with Crippen molar-refractivity contribution in [2.24, 2.45) is 5.41 Å². The molecule has 2 heterocycles. The van der Waals surface area contributed by atoms with Crippen molar-refractivity contribution in [3.8, 4) is 33.7 Å². The van der Waals surface area contributed by atoms with Crippen LogP contribution in [0.15, 0.2) is 63.2 Å². The van der Waals surface area contributed by atoms with Crippen LogP contribution in [0.2, 0.25) is 0 Å². The molecule has 34 heavy (non-hydrogen) atoms. The van der Waals surface area contributed by atoms with Crippen molar-refractivity contribution in [1.29, 1.82) is 0 Å². The number of para-hydroxylation sites is 1. The lowest BCUT2D eigenvalue weighted by molar-refractivity contribution is 0.0910. The Bertz CT molecular complexity index is 1480. The quantitative estimate of drug-likeness (QED) is 0.345. The third-order valence-corrected chi connectivity index (χ3v) is 8.63. The highest BCUT2D eigenvalue weighted by Gasteiger charge is 2.39. The molecule has 1 aliphatic carbocycles. The van der Waals surface area contributed by atoms with Gasteiger partial charge in [-0.1, -0.05) is 32.0 Å². The fourth-order valence-corrected chi connectivity index (χ4v) is 6.57. The van der Waals surface area contributed by atoms with Gasteiger partial charge in [-0.05, 0) is 53.8 Å². The van der Waals surface area contributed by atoms with E-state index < -0.39 is 9.84 Å². The van der Waals surface area contributed by atoms with E-state index in [0.717, 1.165) is 23.3 Å². The van der Waals surface area contributed by atoms with Crippen LogP contribution in [0.5, 0.6) is 11.5 Å². The Kier molecular flexibility index (Phi) is 5.41. The van der Waals surface area contributed by atoms with Gasteiger partial charge in [0.15, 0.2) is 15.6 Å². The molecule has 0 N–H and O–H groups in total. The summed E-state index contributed by atoms with van der Waals surface area (Å²) < 4.78 is 36.7. The Morgan fingerprint density at radius 2 is 1.59 bits per heavy atom. The first-order valence-corrected chi connectivity index (χ1v) is 13.4. The Hall–Kier alpha value is -3.30. The second-order valence-corrected chi connectivity index (χ2v) is 12.4. The maximum Gasteiger partial charge on any atom is 0.258 e. The monoisotopic (exact) mass is 494 g/mol. The molecular formula is C25H22N2O5S2. The molecular weight excluding hydrogens is 472 g/mol. The van der Waals surface area contributed by atoms with E-state index in [0.29, 0.717) is 40.5 Å². The van der Waals surface area contributed by atoms with Gasteiger partial charge >= 0.3 is 0 Å². The predicted molar refractivity (Wildman–Crippen MR) is 129 cm³/mol. The summed E-state index contributed by atoms with van der Waals surface area (Å²) >= 11 is 1.03. The Labute approximate surface area is 201 Å². The van der Waals surface area contributed by atoms with E-state index in [1.165, 1.54) is 0 Å². The molecule has 0 unspecified atom stereocenters. The van der Waals surface area contributed by atoms with Gasteiger partial charge in [0.25, 0.3) is 5.89 Å². The van der Waals surface area contributed by atoms with Gasteiger partial charge in [0.2, 0.25) is 5.89 Å². The number of hydrogen-bond donors (Lipinski definition) is 0. The van der Waals surface area contributed by atoms with Crippen LogP contribution in [0, 0.1) is 5.41 Å². The average molecular weight is 495 g/mol. The zero-order valence-corrected chi connectivity index (χ0v) is 20.5. The Balaban J connectivity index is 1.49. The number of carbonyl (C=O) groups excluding carboxylic acids is 1. The number of Topliss-reactive ketones (excluding diaryl/α,β-unsaturated/α-hetero) is 1. The second kappa shape index (κ2) is 8.18. The molecule has 0 fully saturated rings. The number of fused-ring (bicyclic) bond motifs is 1. The lowest BCUT2D eigenvalue weighted by Gasteiger charge is -2.29. The van der Waals surface area contributed by atoms with Crippen LogP contribution in [0.25, 0.3) is 22.2 Å². The van der Waals surface area contributed by atoms with E-state index in [2.05, 4.69) is 10.2 Å². The first-order valence-electron chi connectivity index (χ1n) is 10.7. The van der Waals surface area contributed by atoms with Crippen LogP contribution in [-0.4, -0.2) is 30.7 Å². The van der Waals surface area contributed by atoms with E-state index in [1.54, 1.807) is 0 Å². The number of aromatic nitrogens is 2. The summed E-state index contributed by atoms with van der Waals surface area (Å²) in [5.74, 6) is 1.74. The minimum atomic E-state index is -3.58. The normalized spacial score (nSPS) is 15.2. The minimum absolute atomic E-state index is 0.0696. The molecule has 0 aliphatic heterocycles. The number of benzene rings is 2. The summed E-state index contributed by atoms with van der Waals surface area (Å²) in [6.07, 6.45) is 1.97. The van der Waals surface area contributed by atoms with Crippen LogP contribution in [0.3, 0.4) is 0 Å². The summed E-state index contributed by atoms with van der Waals surface area (Å²) in [4.78, 5) is 13.4. The predicted octanol–water partition coefficient (Wildman–Crippen LogP) is 5.82. The minimum Gasteiger partial charge on any atom is -0.457 e. The number of thiophene rings is 1. The fraction of sp³-hybridized carbons (Fsp3) is 0.240. The van der Waals surface area contributed by atoms with Gasteiger partial charge in [-0.3, -0.25) is 4.79 Å². The molecule has 4 aromatic rings. The zero-order valence-electron chi connectivity index (χ0n) is 18.9. The van der Waals surface area contributed by atoms with Gasteiger partial charge in [-0.15, -0.1) is 21.5 Å². The number of ketones is 1. The van der Waals surface area contributed by atoms with Crippen molar-refractivity contribution >= 4 is 27.0 Å². The third kappa shape index (κ3) is 4.28. The molecule has 0 saturated heterocycles. The van der Waals surface area contributed by atoms with Crippen molar-refractivity contribution in [1.82, 2.24) is 10.2 Å². The van der Waals surface area contributed by atoms with E-state index >= 15 is 0 Å². The largest absolute Gasteiger partial charge is 0.457 e. The number of hydrogen-bond acceptors (Lipinski definition) is 8. The molecule has 0 atom stereocenters. The topological polar surface area (TPSA) is 99.4 Å². The summed E-state index contributed by atoms with van der Waals surface area (Å²) in [6, 6.07) is 16.7. The lowest BCUT2D eigenvalue weighted by atomic mass is 9.74. The molecule has 0 saturated carbocycles. The van der Waals surface area contributed by atoms with Gasteiger partial charge < -0.3 is 9.15 Å². The molecule has 9 heteroatoms. The average Bonchev–Trinajstić information content (AvgIpc) is 3.39. The standard InChI is InChI=1S/C25H22N2O5S2/c1-25(2)13-18-20(19(28)14-25)24(34(3,29)30)33-21(18)23-27-26-22(32-23)15-9-11-17(12-10-15)31-16-7-5-4-6-8-16/h4-12H,13-14H2,1-3H3. The molecule has 5 rings (SSSR count). The highest BCUT2D eigenvalue weighted by atomic mass is 32.2. The van der Waals surface area contributed by atoms with E-state index in [4.69, 9.17) is 9.15 Å². The van der Waals surface area contributed by atoms with Crippen molar-refractivity contribution in [2.45, 2.75) is 30.9 Å². The molecule has 0 radical (unpaired) electrons. The zero-order chi connectivity index (χ0) is 24.1. The summed E-state index contributed by atoms with van der Waals surface area (Å²) in [6.45, 7) is 3.99. The van der Waals surface area contributed by atoms with E-state index in [9.17, 15) is 13.2 Å². The molecule has 0 spiro atoms. The smallest absolute Gasteiger partial charge is 0.258 e. The van der Waals surface area contributed by atoms with Crippen LogP contribution in [0.1, 0.15) is 36.2 Å². The number of rotatable bonds is 5. The number of carbonyl (C=O) groups is 1. The summed E-state index contributed by atoms with van der Waals surface area (Å²) in [7, 11) is -3.58. The first kappa shape index (κ1) is 22.5. The van der Waals surface area contributed by atoms with Crippen LogP contribution in [-0.2, 0) is 16.3 Å². The highest BCUT2D eigenvalue weighted by molar-refractivity contribution is 7.93. The van der Waals surface area contributed by atoms with Gasteiger partial charge in [0.05, 0.1) is 10.4 Å². The second-order valence-electron chi connectivity index (χ2n) is 9.14. The van der Waals surface area contributed by atoms with Gasteiger partial charge in [-0.25, -0.2) is 8.42 Å². The number of nitrogens with zero attached hydrogens (tertiary/aromatic N) is 2. The van der Waals surface area contributed by atoms with Gasteiger partial charge in [-0.2, -0.15) is 0 Å². The molecule has 0 amide bonds. The maximum absolute atomic E-state index is 12.9. The third-order valence-electron chi connectivity index (χ3n) is 5.58. The molecule has 174 valence electrons. The molecule has 7 nitrogen and oxygen atoms in total. The number of ether oxygens (including phenoxy) is 1. The first-order chi connectivity index (χ1) is 16.1. The molecule has 2 aromatic heterocycles. The van der Waals surface area contributed by atoms with Gasteiger partial charge in [0.1, 0.15) is 15.7 Å². The molecule has 2 aromatic carbocycles. The number of sulfone groups is 1. The van der Waals surface area contributed by atoms with E-state index in [1.807, 2.05) is 68.4 Å². The SMILES string of the molecule is CC1(C)CC(=O)c2c(S(C)(=O)=O)sc(-c3nnc(-c4ccc(Oc5ccccc5)cc4)o3)c2C1. The Morgan fingerprint density at radius 3 is 2.26 bits per heavy atom. The van der Waals surface area contributed by atoms with Crippen LogP contribution >= 0.6 is 11.3 Å². The van der Waals surface area contributed by atoms with Crippen molar-refractivity contribution < 1.29 is 22.4 Å². The van der Waals surface area contributed by atoms with E-state index in [-0.39, 0.29) is 26.9 Å². The molecule has 1 aliphatic rings. The summed E-state index contributed by atoms with van der Waals surface area (Å²) in [5.41, 5.74) is 1.37. The van der Waals surface area contributed by atoms with Crippen molar-refractivity contribution in [2.75, 3.05) is 6.26 Å². The van der Waals surface area contributed by atoms with Crippen molar-refractivity contribution in [3.05, 3.63) is 65.7 Å². The maximum atomic E-state index is 12.9. The van der Waals surface area contributed by atoms with Crippen LogP contribution < -0.4 is 4.74 Å². The Morgan fingerprint density at radius 1 is 0.941 bits per heavy atom. The lowest BCUT2D eigenvalue weighted by Crippen LogP contribution is -2.27. The van der Waals surface area contributed by atoms with Crippen molar-refractivity contribution in [3.63, 3.8) is 0 Å². The van der Waals surface area contributed by atoms with Gasteiger partial charge in [0, 0.05) is 18.2 Å². The highest BCUT2D eigenvalue weighted by Crippen LogP contribution is 2.47. The summed E-state index contributed by atoms with van der Waals surface area (Å²) in [5, 5.41) is 8.35. The molecule has 0 bridgehead atoms. The van der Waals surface area contributed by atoms with Crippen LogP contribution in [0.4, 0.5) is 0 Å². The fourth-order valence-electron chi connectivity index (χ4n) is 4.11.